The summed E-state index contributed by atoms with van der Waals surface area (Å²) < 4.78 is 0. The van der Waals surface area contributed by atoms with Crippen LogP contribution in [-0.2, 0) is 4.79 Å². The zero-order valence-electron chi connectivity index (χ0n) is 14.6. The molecule has 1 aromatic rings. The fraction of sp³-hybridized carbons (Fsp3) is 0.500. The van der Waals surface area contributed by atoms with Crippen molar-refractivity contribution in [2.45, 2.75) is 39.3 Å². The maximum absolute atomic E-state index is 11.9. The first-order valence-electron chi connectivity index (χ1n) is 7.56. The number of hydrogen-bond acceptors (Lipinski definition) is 5. The summed E-state index contributed by atoms with van der Waals surface area (Å²) in [6.45, 7) is 7.26. The Balaban J connectivity index is 2.65. The molecule has 3 amide bonds. The Morgan fingerprint density at radius 1 is 1.33 bits per heavy atom. The number of amides is 3. The van der Waals surface area contributed by atoms with Crippen molar-refractivity contribution in [1.29, 1.82) is 0 Å². The third-order valence-corrected chi connectivity index (χ3v) is 3.36. The molecule has 0 spiro atoms. The van der Waals surface area contributed by atoms with Gasteiger partial charge in [-0.05, 0) is 40.3 Å². The maximum atomic E-state index is 11.9. The average Bonchev–Trinajstić information content (AvgIpc) is 2.44. The molecule has 0 heterocycles. The molecule has 0 aliphatic rings. The van der Waals surface area contributed by atoms with Crippen molar-refractivity contribution in [3.05, 3.63) is 39.9 Å². The van der Waals surface area contributed by atoms with Crippen molar-refractivity contribution in [3.8, 4) is 0 Å². The summed E-state index contributed by atoms with van der Waals surface area (Å²) in [5.41, 5.74) is 0.285. The number of hydrogen-bond donors (Lipinski definition) is 2. The van der Waals surface area contributed by atoms with Gasteiger partial charge in [-0.15, -0.1) is 0 Å². The molecule has 0 bridgehead atoms. The summed E-state index contributed by atoms with van der Waals surface area (Å²) in [6, 6.07) is 5.49. The smallest absolute Gasteiger partial charge is 0.321 e. The minimum Gasteiger partial charge on any atom is -0.333 e. The van der Waals surface area contributed by atoms with Crippen LogP contribution in [-0.4, -0.2) is 40.9 Å². The van der Waals surface area contributed by atoms with E-state index in [-0.39, 0.29) is 18.3 Å². The summed E-state index contributed by atoms with van der Waals surface area (Å²) >= 11 is 0. The number of nitrogens with one attached hydrogen (secondary N) is 2. The fourth-order valence-corrected chi connectivity index (χ4v) is 2.05. The van der Waals surface area contributed by atoms with Crippen molar-refractivity contribution in [2.75, 3.05) is 13.6 Å². The van der Waals surface area contributed by atoms with Crippen LogP contribution in [0.2, 0.25) is 0 Å². The Labute approximate surface area is 141 Å². The van der Waals surface area contributed by atoms with Gasteiger partial charge in [-0.1, -0.05) is 12.1 Å². The Morgan fingerprint density at radius 2 is 1.96 bits per heavy atom. The normalized spacial score (nSPS) is 12.6. The maximum Gasteiger partial charge on any atom is 0.321 e. The van der Waals surface area contributed by atoms with E-state index in [1.54, 1.807) is 24.1 Å². The van der Waals surface area contributed by atoms with Crippen LogP contribution in [0.1, 0.15) is 39.3 Å². The second-order valence-electron chi connectivity index (χ2n) is 6.70. The fourth-order valence-electron chi connectivity index (χ4n) is 2.05. The van der Waals surface area contributed by atoms with E-state index in [9.17, 15) is 19.7 Å². The molecule has 0 aromatic heterocycles. The van der Waals surface area contributed by atoms with Crippen molar-refractivity contribution < 1.29 is 14.5 Å². The van der Waals surface area contributed by atoms with E-state index in [1.807, 2.05) is 27.7 Å². The van der Waals surface area contributed by atoms with Crippen LogP contribution in [0.4, 0.5) is 10.5 Å². The Kier molecular flexibility index (Phi) is 6.42. The monoisotopic (exact) mass is 336 g/mol. The molecule has 0 aliphatic heterocycles. The molecule has 0 aliphatic carbocycles. The lowest BCUT2D eigenvalue weighted by Crippen LogP contribution is -2.50. The SMILES string of the molecule is CC(c1cccc([N+](=O)[O-])c1)N(C)CC(=O)NC(=O)NC(C)(C)C. The molecule has 8 nitrogen and oxygen atoms in total. The summed E-state index contributed by atoms with van der Waals surface area (Å²) in [6.07, 6.45) is 0. The highest BCUT2D eigenvalue weighted by Crippen LogP contribution is 2.22. The third-order valence-electron chi connectivity index (χ3n) is 3.36. The van der Waals surface area contributed by atoms with E-state index in [2.05, 4.69) is 10.6 Å². The first kappa shape index (κ1) is 19.6. The molecule has 2 N–H and O–H groups in total. The molecule has 1 aromatic carbocycles. The molecule has 0 fully saturated rings. The van der Waals surface area contributed by atoms with Crippen molar-refractivity contribution in [3.63, 3.8) is 0 Å². The molecule has 24 heavy (non-hydrogen) atoms. The topological polar surface area (TPSA) is 105 Å². The van der Waals surface area contributed by atoms with Gasteiger partial charge in [0.25, 0.3) is 5.69 Å². The van der Waals surface area contributed by atoms with E-state index in [0.717, 1.165) is 5.56 Å². The van der Waals surface area contributed by atoms with Crippen LogP contribution in [0.5, 0.6) is 0 Å². The Bertz CT molecular complexity index is 625. The standard InChI is InChI=1S/C16H24N4O4/c1-11(12-7-6-8-13(9-12)20(23)24)19(5)10-14(21)17-15(22)18-16(2,3)4/h6-9,11H,10H2,1-5H3,(H2,17,18,21,22). The number of urea groups is 1. The first-order chi connectivity index (χ1) is 11.0. The van der Waals surface area contributed by atoms with Crippen LogP contribution in [0.15, 0.2) is 24.3 Å². The van der Waals surface area contributed by atoms with Gasteiger partial charge in [0.2, 0.25) is 5.91 Å². The van der Waals surface area contributed by atoms with E-state index in [1.165, 1.54) is 12.1 Å². The average molecular weight is 336 g/mol. The summed E-state index contributed by atoms with van der Waals surface area (Å²) in [5.74, 6) is -0.448. The van der Waals surface area contributed by atoms with Gasteiger partial charge in [0, 0.05) is 23.7 Å². The number of carbonyl (C=O) groups is 2. The van der Waals surface area contributed by atoms with Crippen molar-refractivity contribution in [1.82, 2.24) is 15.5 Å². The van der Waals surface area contributed by atoms with Gasteiger partial charge in [-0.25, -0.2) is 4.79 Å². The number of imide groups is 1. The minimum atomic E-state index is -0.552. The van der Waals surface area contributed by atoms with Crippen LogP contribution in [0.25, 0.3) is 0 Å². The molecule has 132 valence electrons. The number of likely N-dealkylation sites (N-methyl/N-ethyl adjacent to an activating group) is 1. The second-order valence-corrected chi connectivity index (χ2v) is 6.70. The van der Waals surface area contributed by atoms with E-state index in [4.69, 9.17) is 0 Å². The number of nitrogens with zero attached hydrogens (tertiary/aromatic N) is 2. The number of nitro benzene ring substituents is 1. The van der Waals surface area contributed by atoms with E-state index in [0.29, 0.717) is 0 Å². The van der Waals surface area contributed by atoms with Crippen LogP contribution < -0.4 is 10.6 Å². The van der Waals surface area contributed by atoms with Gasteiger partial charge in [-0.2, -0.15) is 0 Å². The molecular weight excluding hydrogens is 312 g/mol. The lowest BCUT2D eigenvalue weighted by Gasteiger charge is -2.25. The lowest BCUT2D eigenvalue weighted by atomic mass is 10.1. The van der Waals surface area contributed by atoms with Gasteiger partial charge >= 0.3 is 6.03 Å². The van der Waals surface area contributed by atoms with Crippen molar-refractivity contribution >= 4 is 17.6 Å². The van der Waals surface area contributed by atoms with Gasteiger partial charge in [0.1, 0.15) is 0 Å². The molecule has 8 heteroatoms. The molecule has 1 unspecified atom stereocenters. The largest absolute Gasteiger partial charge is 0.333 e. The number of carbonyl (C=O) groups excluding carboxylic acids is 2. The zero-order chi connectivity index (χ0) is 18.5. The molecule has 1 rings (SSSR count). The molecule has 0 saturated heterocycles. The number of benzene rings is 1. The molecular formula is C16H24N4O4. The highest BCUT2D eigenvalue weighted by molar-refractivity contribution is 5.95. The number of nitro groups is 1. The van der Waals surface area contributed by atoms with E-state index >= 15 is 0 Å². The summed E-state index contributed by atoms with van der Waals surface area (Å²) in [7, 11) is 1.71. The predicted octanol–water partition coefficient (Wildman–Crippen LogP) is 2.21. The highest BCUT2D eigenvalue weighted by atomic mass is 16.6. The van der Waals surface area contributed by atoms with Crippen LogP contribution in [0, 0.1) is 10.1 Å². The van der Waals surface area contributed by atoms with Gasteiger partial charge < -0.3 is 5.32 Å². The summed E-state index contributed by atoms with van der Waals surface area (Å²) in [5, 5.41) is 15.7. The lowest BCUT2D eigenvalue weighted by molar-refractivity contribution is -0.384. The third kappa shape index (κ3) is 6.33. The van der Waals surface area contributed by atoms with Gasteiger partial charge in [-0.3, -0.25) is 25.1 Å². The number of non-ortho nitro benzene ring substituents is 1. The Hall–Kier alpha value is -2.48. The first-order valence-corrected chi connectivity index (χ1v) is 7.56. The number of rotatable bonds is 5. The van der Waals surface area contributed by atoms with Crippen LogP contribution >= 0.6 is 0 Å². The zero-order valence-corrected chi connectivity index (χ0v) is 14.6. The molecule has 0 radical (unpaired) electrons. The predicted molar refractivity (Wildman–Crippen MR) is 90.6 cm³/mol. The molecule has 1 atom stereocenters. The van der Waals surface area contributed by atoms with Gasteiger partial charge in [0.05, 0.1) is 11.5 Å². The van der Waals surface area contributed by atoms with E-state index < -0.39 is 22.4 Å². The second kappa shape index (κ2) is 7.87. The highest BCUT2D eigenvalue weighted by Gasteiger charge is 2.20. The summed E-state index contributed by atoms with van der Waals surface area (Å²) in [4.78, 5) is 35.7. The quantitative estimate of drug-likeness (QED) is 0.633. The Morgan fingerprint density at radius 3 is 2.50 bits per heavy atom. The molecule has 0 saturated carbocycles. The minimum absolute atomic E-state index is 0.00163. The van der Waals surface area contributed by atoms with Crippen LogP contribution in [0.3, 0.4) is 0 Å². The van der Waals surface area contributed by atoms with Gasteiger partial charge in [0.15, 0.2) is 0 Å². The van der Waals surface area contributed by atoms with Crippen molar-refractivity contribution in [2.24, 2.45) is 0 Å².